The normalized spacial score (nSPS) is 12.1. The van der Waals surface area contributed by atoms with Crippen LogP contribution >= 0.6 is 0 Å². The van der Waals surface area contributed by atoms with Crippen molar-refractivity contribution in [3.05, 3.63) is 0 Å². The molecule has 0 aliphatic rings. The largest absolute Gasteiger partial charge is 0.462 e. The van der Waals surface area contributed by atoms with E-state index in [9.17, 15) is 14.4 Å². The number of hydrogen-bond donors (Lipinski definition) is 0. The molecule has 1 atom stereocenters. The van der Waals surface area contributed by atoms with Gasteiger partial charge in [-0.2, -0.15) is 0 Å². The molecule has 6 nitrogen and oxygen atoms in total. The van der Waals surface area contributed by atoms with Crippen molar-refractivity contribution in [2.24, 2.45) is 11.8 Å². The van der Waals surface area contributed by atoms with Crippen LogP contribution in [-0.4, -0.2) is 37.2 Å². The number of carbonyl (C=O) groups excluding carboxylic acids is 3. The fraction of sp³-hybridized carbons (Fsp3) is 0.940. The van der Waals surface area contributed by atoms with Gasteiger partial charge in [0.25, 0.3) is 0 Å². The van der Waals surface area contributed by atoms with E-state index >= 15 is 0 Å². The lowest BCUT2D eigenvalue weighted by Crippen LogP contribution is -2.30. The molecule has 0 spiro atoms. The van der Waals surface area contributed by atoms with Crippen molar-refractivity contribution in [2.75, 3.05) is 13.2 Å². The van der Waals surface area contributed by atoms with Crippen LogP contribution < -0.4 is 0 Å². The molecule has 0 amide bonds. The summed E-state index contributed by atoms with van der Waals surface area (Å²) < 4.78 is 16.8. The third-order valence-electron chi connectivity index (χ3n) is 11.2. The Morgan fingerprint density at radius 3 is 0.875 bits per heavy atom. The zero-order chi connectivity index (χ0) is 41.2. The van der Waals surface area contributed by atoms with E-state index in [0.717, 1.165) is 69.6 Å². The van der Waals surface area contributed by atoms with Gasteiger partial charge in [0.1, 0.15) is 13.2 Å². The zero-order valence-electron chi connectivity index (χ0n) is 38.3. The number of rotatable bonds is 44. The van der Waals surface area contributed by atoms with Crippen LogP contribution in [0.4, 0.5) is 0 Å². The summed E-state index contributed by atoms with van der Waals surface area (Å²) in [5.74, 6) is 0.788. The molecule has 0 aromatic carbocycles. The van der Waals surface area contributed by atoms with E-state index in [1.54, 1.807) is 0 Å². The van der Waals surface area contributed by atoms with Gasteiger partial charge in [0.2, 0.25) is 0 Å². The first-order valence-electron chi connectivity index (χ1n) is 24.7. The Bertz CT molecular complexity index is 854. The Labute approximate surface area is 348 Å². The van der Waals surface area contributed by atoms with E-state index in [-0.39, 0.29) is 31.1 Å². The van der Waals surface area contributed by atoms with Gasteiger partial charge in [0.15, 0.2) is 6.10 Å². The van der Waals surface area contributed by atoms with Crippen molar-refractivity contribution in [1.82, 2.24) is 0 Å². The highest BCUT2D eigenvalue weighted by Crippen LogP contribution is 2.17. The molecule has 56 heavy (non-hydrogen) atoms. The van der Waals surface area contributed by atoms with E-state index < -0.39 is 6.10 Å². The molecule has 0 aromatic heterocycles. The van der Waals surface area contributed by atoms with Gasteiger partial charge in [-0.15, -0.1) is 0 Å². The van der Waals surface area contributed by atoms with Gasteiger partial charge in [-0.1, -0.05) is 234 Å². The molecule has 0 aromatic rings. The molecule has 0 saturated heterocycles. The number of hydrogen-bond acceptors (Lipinski definition) is 6. The van der Waals surface area contributed by atoms with Gasteiger partial charge in [-0.3, -0.25) is 14.4 Å². The Morgan fingerprint density at radius 1 is 0.339 bits per heavy atom. The van der Waals surface area contributed by atoms with Crippen LogP contribution in [0.15, 0.2) is 0 Å². The van der Waals surface area contributed by atoms with Crippen LogP contribution in [0.3, 0.4) is 0 Å². The van der Waals surface area contributed by atoms with Crippen LogP contribution in [0.25, 0.3) is 0 Å². The Morgan fingerprint density at radius 2 is 0.589 bits per heavy atom. The summed E-state index contributed by atoms with van der Waals surface area (Å²) in [4.78, 5) is 37.8. The molecular weight excluding hydrogens is 697 g/mol. The lowest BCUT2D eigenvalue weighted by Gasteiger charge is -2.18. The Balaban J connectivity index is 4.32. The minimum absolute atomic E-state index is 0.0642. The average molecular weight is 793 g/mol. The first-order chi connectivity index (χ1) is 27.2. The van der Waals surface area contributed by atoms with Crippen LogP contribution in [0.5, 0.6) is 0 Å². The predicted octanol–water partition coefficient (Wildman–Crippen LogP) is 15.8. The molecule has 6 heteroatoms. The van der Waals surface area contributed by atoms with Gasteiger partial charge < -0.3 is 14.2 Å². The minimum atomic E-state index is -0.761. The fourth-order valence-electron chi connectivity index (χ4n) is 7.46. The van der Waals surface area contributed by atoms with E-state index in [4.69, 9.17) is 14.2 Å². The second-order valence-corrected chi connectivity index (χ2v) is 18.1. The monoisotopic (exact) mass is 793 g/mol. The molecular formula is C50H96O6. The van der Waals surface area contributed by atoms with E-state index in [0.29, 0.717) is 19.3 Å². The number of esters is 3. The average Bonchev–Trinajstić information content (AvgIpc) is 3.16. The van der Waals surface area contributed by atoms with Crippen molar-refractivity contribution in [3.8, 4) is 0 Å². The maximum absolute atomic E-state index is 12.8. The molecule has 0 N–H and O–H groups in total. The van der Waals surface area contributed by atoms with Gasteiger partial charge in [-0.25, -0.2) is 0 Å². The first-order valence-corrected chi connectivity index (χ1v) is 24.7. The number of ether oxygens (including phenoxy) is 3. The van der Waals surface area contributed by atoms with Crippen molar-refractivity contribution in [2.45, 2.75) is 278 Å². The lowest BCUT2D eigenvalue weighted by molar-refractivity contribution is -0.167. The molecule has 0 unspecified atom stereocenters. The maximum atomic E-state index is 12.8. The number of unbranched alkanes of at least 4 members (excludes halogenated alkanes) is 29. The quantitative estimate of drug-likeness (QED) is 0.0347. The molecule has 0 aliphatic carbocycles. The van der Waals surface area contributed by atoms with E-state index in [1.807, 2.05) is 0 Å². The summed E-state index contributed by atoms with van der Waals surface area (Å²) in [6, 6.07) is 0. The third-order valence-corrected chi connectivity index (χ3v) is 11.2. The number of carbonyl (C=O) groups is 3. The molecule has 0 fully saturated rings. The van der Waals surface area contributed by atoms with Crippen LogP contribution in [0.2, 0.25) is 0 Å². The molecule has 0 bridgehead atoms. The SMILES string of the molecule is CCCCCCCCCCCCCC(=O)OC[C@@H](COC(=O)CCCCCCCCCCCC(C)C)OC(=O)CCCCCCCCCCCCCCC(C)C. The van der Waals surface area contributed by atoms with Crippen LogP contribution in [-0.2, 0) is 28.6 Å². The van der Waals surface area contributed by atoms with Crippen LogP contribution in [0, 0.1) is 11.8 Å². The highest BCUT2D eigenvalue weighted by Gasteiger charge is 2.19. The smallest absolute Gasteiger partial charge is 0.306 e. The highest BCUT2D eigenvalue weighted by molar-refractivity contribution is 5.71. The van der Waals surface area contributed by atoms with Crippen molar-refractivity contribution >= 4 is 17.9 Å². The fourth-order valence-corrected chi connectivity index (χ4v) is 7.46. The van der Waals surface area contributed by atoms with Gasteiger partial charge >= 0.3 is 17.9 Å². The van der Waals surface area contributed by atoms with E-state index in [1.165, 1.54) is 161 Å². The summed E-state index contributed by atoms with van der Waals surface area (Å²) in [6.07, 6.45) is 42.3. The second kappa shape index (κ2) is 43.0. The van der Waals surface area contributed by atoms with Crippen molar-refractivity contribution in [1.29, 1.82) is 0 Å². The standard InChI is InChI=1S/C50H96O6/c1-6-7-8-9-10-11-14-20-25-30-35-40-48(51)54-43-47(44-55-49(52)41-36-31-26-22-17-19-24-29-34-39-46(4)5)56-50(53)42-37-32-27-21-16-13-12-15-18-23-28-33-38-45(2)3/h45-47H,6-44H2,1-5H3/t47-/m0/s1. The molecule has 0 saturated carbocycles. The summed E-state index contributed by atoms with van der Waals surface area (Å²) in [6.45, 7) is 11.3. The molecule has 0 heterocycles. The molecule has 0 radical (unpaired) electrons. The van der Waals surface area contributed by atoms with Crippen molar-refractivity contribution in [3.63, 3.8) is 0 Å². The maximum Gasteiger partial charge on any atom is 0.306 e. The predicted molar refractivity (Wildman–Crippen MR) is 238 cm³/mol. The van der Waals surface area contributed by atoms with Gasteiger partial charge in [-0.05, 0) is 31.1 Å². The summed E-state index contributed by atoms with van der Waals surface area (Å²) >= 11 is 0. The molecule has 0 rings (SSSR count). The van der Waals surface area contributed by atoms with Crippen LogP contribution in [0.1, 0.15) is 272 Å². The Kier molecular flexibility index (Phi) is 41.8. The molecule has 332 valence electrons. The topological polar surface area (TPSA) is 78.9 Å². The van der Waals surface area contributed by atoms with Gasteiger partial charge in [0, 0.05) is 19.3 Å². The summed E-state index contributed by atoms with van der Waals surface area (Å²) in [7, 11) is 0. The molecule has 0 aliphatic heterocycles. The lowest BCUT2D eigenvalue weighted by atomic mass is 10.0. The highest BCUT2D eigenvalue weighted by atomic mass is 16.6. The third kappa shape index (κ3) is 43.5. The minimum Gasteiger partial charge on any atom is -0.462 e. The van der Waals surface area contributed by atoms with Gasteiger partial charge in [0.05, 0.1) is 0 Å². The Hall–Kier alpha value is -1.59. The summed E-state index contributed by atoms with van der Waals surface area (Å²) in [5.41, 5.74) is 0. The summed E-state index contributed by atoms with van der Waals surface area (Å²) in [5, 5.41) is 0. The van der Waals surface area contributed by atoms with Crippen molar-refractivity contribution < 1.29 is 28.6 Å². The second-order valence-electron chi connectivity index (χ2n) is 18.1. The van der Waals surface area contributed by atoms with E-state index in [2.05, 4.69) is 34.6 Å². The first kappa shape index (κ1) is 54.4. The zero-order valence-corrected chi connectivity index (χ0v) is 38.3.